The molecule has 0 saturated carbocycles. The van der Waals surface area contributed by atoms with Gasteiger partial charge in [-0.2, -0.15) is 0 Å². The molecule has 0 unspecified atom stereocenters. The van der Waals surface area contributed by atoms with E-state index in [9.17, 15) is 0 Å². The van der Waals surface area contributed by atoms with Gasteiger partial charge >= 0.3 is 0 Å². The molecule has 5 heterocycles. The Kier molecular flexibility index (Phi) is 7.32. The summed E-state index contributed by atoms with van der Waals surface area (Å²) in [6.07, 6.45) is 8.98. The summed E-state index contributed by atoms with van der Waals surface area (Å²) in [5, 5.41) is 0. The van der Waals surface area contributed by atoms with Crippen LogP contribution in [0, 0.1) is 13.8 Å². The van der Waals surface area contributed by atoms with Crippen molar-refractivity contribution in [3.8, 4) is 44.2 Å². The van der Waals surface area contributed by atoms with Crippen LogP contribution in [0.2, 0.25) is 4.34 Å². The molecule has 0 atom stereocenters. The molecule has 0 fully saturated rings. The average molecular weight is 602 g/mol. The van der Waals surface area contributed by atoms with E-state index in [0.29, 0.717) is 0 Å². The van der Waals surface area contributed by atoms with Crippen molar-refractivity contribution < 1.29 is 0 Å². The van der Waals surface area contributed by atoms with Crippen LogP contribution in [-0.2, 0) is 0 Å². The Bertz CT molecular complexity index is 1920. The van der Waals surface area contributed by atoms with Crippen LogP contribution in [0.15, 0.2) is 97.5 Å². The molecular weight excluding hydrogens is 574 g/mol. The maximum atomic E-state index is 6.38. The number of hydrogen-bond donors (Lipinski definition) is 0. The highest BCUT2D eigenvalue weighted by molar-refractivity contribution is 7.16. The standard InChI is InChI=1S/C36H28ClN3S2/c1-22-28(26-8-7-9-27(26)29-20-36(37)42-23(29)2)19-35(41-22)25-14-12-24(13-15-25)30-18-34(33-11-4-6-17-39-33)40-21-31(30)32-10-3-5-16-38-32/h3-6,10-21H,7-9H2,1-2H3. The zero-order chi connectivity index (χ0) is 28.6. The summed E-state index contributed by atoms with van der Waals surface area (Å²) in [5.41, 5.74) is 12.7. The molecule has 0 radical (unpaired) electrons. The third kappa shape index (κ3) is 5.13. The van der Waals surface area contributed by atoms with Crippen LogP contribution in [0.25, 0.3) is 55.4 Å². The molecule has 1 aliphatic rings. The van der Waals surface area contributed by atoms with E-state index in [-0.39, 0.29) is 0 Å². The lowest BCUT2D eigenvalue weighted by molar-refractivity contribution is 0.941. The van der Waals surface area contributed by atoms with Crippen LogP contribution >= 0.6 is 34.3 Å². The zero-order valence-corrected chi connectivity index (χ0v) is 25.8. The first-order valence-corrected chi connectivity index (χ1v) is 16.1. The minimum absolute atomic E-state index is 0.843. The summed E-state index contributed by atoms with van der Waals surface area (Å²) in [6, 6.07) is 27.5. The Balaban J connectivity index is 1.26. The van der Waals surface area contributed by atoms with E-state index in [1.165, 1.54) is 48.9 Å². The Morgan fingerprint density at radius 3 is 1.88 bits per heavy atom. The number of pyridine rings is 3. The van der Waals surface area contributed by atoms with Crippen LogP contribution in [-0.4, -0.2) is 15.0 Å². The van der Waals surface area contributed by atoms with E-state index >= 15 is 0 Å². The van der Waals surface area contributed by atoms with Gasteiger partial charge in [0.2, 0.25) is 0 Å². The monoisotopic (exact) mass is 601 g/mol. The normalized spacial score (nSPS) is 13.2. The summed E-state index contributed by atoms with van der Waals surface area (Å²) in [5.74, 6) is 0. The highest BCUT2D eigenvalue weighted by Crippen LogP contribution is 2.47. The van der Waals surface area contributed by atoms with E-state index in [4.69, 9.17) is 16.6 Å². The van der Waals surface area contributed by atoms with Crippen LogP contribution < -0.4 is 0 Å². The van der Waals surface area contributed by atoms with Crippen LogP contribution in [0.5, 0.6) is 0 Å². The van der Waals surface area contributed by atoms with E-state index < -0.39 is 0 Å². The van der Waals surface area contributed by atoms with E-state index in [1.807, 2.05) is 60.1 Å². The summed E-state index contributed by atoms with van der Waals surface area (Å²) < 4.78 is 0.872. The Morgan fingerprint density at radius 2 is 1.24 bits per heavy atom. The smallest absolute Gasteiger partial charge is 0.0937 e. The van der Waals surface area contributed by atoms with Crippen LogP contribution in [0.4, 0.5) is 0 Å². The van der Waals surface area contributed by atoms with Gasteiger partial charge in [0.25, 0.3) is 0 Å². The third-order valence-electron chi connectivity index (χ3n) is 7.93. The fraction of sp³-hybridized carbons (Fsp3) is 0.139. The molecule has 5 aromatic heterocycles. The molecule has 3 nitrogen and oxygen atoms in total. The van der Waals surface area contributed by atoms with Crippen molar-refractivity contribution in [2.45, 2.75) is 33.1 Å². The third-order valence-corrected chi connectivity index (χ3v) is 10.2. The first-order valence-electron chi connectivity index (χ1n) is 14.1. The van der Waals surface area contributed by atoms with Crippen molar-refractivity contribution in [1.82, 2.24) is 15.0 Å². The number of nitrogens with zero attached hydrogens (tertiary/aromatic N) is 3. The molecule has 0 amide bonds. The van der Waals surface area contributed by atoms with Gasteiger partial charge in [0, 0.05) is 38.8 Å². The molecule has 0 N–H and O–H groups in total. The van der Waals surface area contributed by atoms with Crippen molar-refractivity contribution in [3.05, 3.63) is 123 Å². The lowest BCUT2D eigenvalue weighted by atomic mass is 9.95. The number of aryl methyl sites for hydroxylation is 2. The minimum atomic E-state index is 0.843. The van der Waals surface area contributed by atoms with Crippen molar-refractivity contribution in [1.29, 1.82) is 0 Å². The SMILES string of the molecule is Cc1sc(Cl)cc1C1=C(c2cc(-c3ccc(-c4cc(-c5ccccn5)ncc4-c4ccccn4)cc3)sc2C)CCC1. The lowest BCUT2D eigenvalue weighted by Gasteiger charge is -2.12. The molecule has 6 aromatic rings. The van der Waals surface area contributed by atoms with E-state index in [0.717, 1.165) is 51.0 Å². The molecule has 0 spiro atoms. The summed E-state index contributed by atoms with van der Waals surface area (Å²) in [4.78, 5) is 17.9. The van der Waals surface area contributed by atoms with Gasteiger partial charge in [0.15, 0.2) is 0 Å². The van der Waals surface area contributed by atoms with Crippen molar-refractivity contribution in [2.75, 3.05) is 0 Å². The van der Waals surface area contributed by atoms with E-state index in [2.05, 4.69) is 66.3 Å². The molecule has 0 aliphatic heterocycles. The second-order valence-corrected chi connectivity index (χ2v) is 13.7. The Labute approximate surface area is 259 Å². The highest BCUT2D eigenvalue weighted by Gasteiger charge is 2.23. The molecule has 0 saturated heterocycles. The number of benzene rings is 1. The highest BCUT2D eigenvalue weighted by atomic mass is 35.5. The quantitative estimate of drug-likeness (QED) is 0.190. The second kappa shape index (κ2) is 11.4. The Hall–Kier alpha value is -3.90. The lowest BCUT2D eigenvalue weighted by Crippen LogP contribution is -1.93. The fourth-order valence-electron chi connectivity index (χ4n) is 5.90. The second-order valence-electron chi connectivity index (χ2n) is 10.5. The molecule has 6 heteroatoms. The van der Waals surface area contributed by atoms with Crippen LogP contribution in [0.1, 0.15) is 40.1 Å². The van der Waals surface area contributed by atoms with Crippen molar-refractivity contribution >= 4 is 45.4 Å². The van der Waals surface area contributed by atoms with Crippen molar-refractivity contribution in [3.63, 3.8) is 0 Å². The largest absolute Gasteiger partial charge is 0.256 e. The van der Waals surface area contributed by atoms with E-state index in [1.54, 1.807) is 17.5 Å². The van der Waals surface area contributed by atoms with Crippen molar-refractivity contribution in [2.24, 2.45) is 0 Å². The van der Waals surface area contributed by atoms with Gasteiger partial charge in [-0.15, -0.1) is 22.7 Å². The number of allylic oxidation sites excluding steroid dienone is 2. The summed E-state index contributed by atoms with van der Waals surface area (Å²) in [7, 11) is 0. The Morgan fingerprint density at radius 1 is 0.595 bits per heavy atom. The first-order chi connectivity index (χ1) is 20.5. The fourth-order valence-corrected chi connectivity index (χ4v) is 8.17. The summed E-state index contributed by atoms with van der Waals surface area (Å²) >= 11 is 9.94. The van der Waals surface area contributed by atoms with Gasteiger partial charge in [-0.25, -0.2) is 0 Å². The number of aromatic nitrogens is 3. The number of thiophene rings is 2. The number of halogens is 1. The van der Waals surface area contributed by atoms with Gasteiger partial charge in [0.1, 0.15) is 0 Å². The molecule has 0 bridgehead atoms. The molecule has 1 aromatic carbocycles. The number of rotatable bonds is 6. The number of hydrogen-bond acceptors (Lipinski definition) is 5. The molecule has 42 heavy (non-hydrogen) atoms. The van der Waals surface area contributed by atoms with Gasteiger partial charge in [-0.3, -0.25) is 15.0 Å². The molecular formula is C36H28ClN3S2. The average Bonchev–Trinajstić information content (AvgIpc) is 3.75. The predicted octanol–water partition coefficient (Wildman–Crippen LogP) is 11.0. The van der Waals surface area contributed by atoms with Gasteiger partial charge in [0.05, 0.1) is 21.4 Å². The van der Waals surface area contributed by atoms with Crippen LogP contribution in [0.3, 0.4) is 0 Å². The maximum absolute atomic E-state index is 6.38. The topological polar surface area (TPSA) is 38.7 Å². The zero-order valence-electron chi connectivity index (χ0n) is 23.4. The molecule has 7 rings (SSSR count). The predicted molar refractivity (Wildman–Crippen MR) is 179 cm³/mol. The molecule has 206 valence electrons. The maximum Gasteiger partial charge on any atom is 0.0937 e. The van der Waals surface area contributed by atoms with Gasteiger partial charge in [-0.05, 0) is 115 Å². The van der Waals surface area contributed by atoms with Gasteiger partial charge < -0.3 is 0 Å². The minimum Gasteiger partial charge on any atom is -0.256 e. The summed E-state index contributed by atoms with van der Waals surface area (Å²) in [6.45, 7) is 4.44. The first kappa shape index (κ1) is 27.0. The van der Waals surface area contributed by atoms with Gasteiger partial charge in [-0.1, -0.05) is 48.0 Å². The molecule has 1 aliphatic carbocycles.